The lowest BCUT2D eigenvalue weighted by Crippen LogP contribution is -2.05. The predicted octanol–water partition coefficient (Wildman–Crippen LogP) is 4.16. The van der Waals surface area contributed by atoms with E-state index in [0.29, 0.717) is 17.7 Å². The average Bonchev–Trinajstić information content (AvgIpc) is 2.39. The lowest BCUT2D eigenvalue weighted by molar-refractivity contribution is 0.0695. The molecule has 4 heteroatoms. The fourth-order valence-electron chi connectivity index (χ4n) is 1.90. The summed E-state index contributed by atoms with van der Waals surface area (Å²) in [6.45, 7) is 2.01. The summed E-state index contributed by atoms with van der Waals surface area (Å²) in [4.78, 5) is 15.6. The Labute approximate surface area is 120 Å². The Morgan fingerprint density at radius 3 is 2.47 bits per heavy atom. The van der Waals surface area contributed by atoms with Crippen LogP contribution >= 0.6 is 15.9 Å². The van der Waals surface area contributed by atoms with E-state index in [2.05, 4.69) is 20.9 Å². The van der Waals surface area contributed by atoms with Gasteiger partial charge in [-0.2, -0.15) is 0 Å². The minimum Gasteiger partial charge on any atom is -0.478 e. The molecule has 1 aromatic carbocycles. The fourth-order valence-corrected chi connectivity index (χ4v) is 2.17. The van der Waals surface area contributed by atoms with E-state index in [1.54, 1.807) is 12.1 Å². The number of halogens is 1. The zero-order chi connectivity index (χ0) is 13.8. The van der Waals surface area contributed by atoms with Gasteiger partial charge in [0.2, 0.25) is 0 Å². The first-order chi connectivity index (χ1) is 9.11. The standard InChI is InChI=1S/C15H14BrNO2/c1-2-3-14-12(15(18)19)8-9-13(17-14)10-4-6-11(16)7-5-10/h4-9H,2-3H2,1H3,(H,18,19). The third-order valence-corrected chi connectivity index (χ3v) is 3.36. The Morgan fingerprint density at radius 2 is 1.89 bits per heavy atom. The molecule has 0 radical (unpaired) electrons. The Kier molecular flexibility index (Phi) is 4.32. The summed E-state index contributed by atoms with van der Waals surface area (Å²) < 4.78 is 1.01. The normalized spacial score (nSPS) is 10.4. The number of carboxylic acids is 1. The molecule has 1 N–H and O–H groups in total. The summed E-state index contributed by atoms with van der Waals surface area (Å²) >= 11 is 3.39. The molecule has 0 atom stereocenters. The van der Waals surface area contributed by atoms with Gasteiger partial charge in [-0.05, 0) is 30.7 Å². The average molecular weight is 320 g/mol. The van der Waals surface area contributed by atoms with Crippen molar-refractivity contribution in [1.29, 1.82) is 0 Å². The number of rotatable bonds is 4. The van der Waals surface area contributed by atoms with Crippen molar-refractivity contribution in [3.63, 3.8) is 0 Å². The molecule has 0 saturated carbocycles. The third-order valence-electron chi connectivity index (χ3n) is 2.83. The first-order valence-electron chi connectivity index (χ1n) is 6.11. The van der Waals surface area contributed by atoms with Crippen LogP contribution in [0.1, 0.15) is 29.4 Å². The third kappa shape index (κ3) is 3.20. The second-order valence-electron chi connectivity index (χ2n) is 4.25. The molecule has 0 saturated heterocycles. The van der Waals surface area contributed by atoms with Crippen molar-refractivity contribution in [2.75, 3.05) is 0 Å². The molecule has 0 aliphatic rings. The summed E-state index contributed by atoms with van der Waals surface area (Å²) in [6.07, 6.45) is 1.54. The largest absolute Gasteiger partial charge is 0.478 e. The second kappa shape index (κ2) is 5.97. The minimum absolute atomic E-state index is 0.294. The van der Waals surface area contributed by atoms with Gasteiger partial charge in [0.05, 0.1) is 17.0 Å². The van der Waals surface area contributed by atoms with Crippen molar-refractivity contribution in [2.24, 2.45) is 0 Å². The molecule has 0 unspecified atom stereocenters. The van der Waals surface area contributed by atoms with Crippen LogP contribution in [0.25, 0.3) is 11.3 Å². The zero-order valence-electron chi connectivity index (χ0n) is 10.6. The molecule has 0 bridgehead atoms. The Morgan fingerprint density at radius 1 is 1.21 bits per heavy atom. The molecule has 19 heavy (non-hydrogen) atoms. The maximum absolute atomic E-state index is 11.1. The lowest BCUT2D eigenvalue weighted by Gasteiger charge is -2.07. The van der Waals surface area contributed by atoms with Gasteiger partial charge in [0.25, 0.3) is 0 Å². The number of carbonyl (C=O) groups is 1. The van der Waals surface area contributed by atoms with Gasteiger partial charge in [0.1, 0.15) is 0 Å². The smallest absolute Gasteiger partial charge is 0.337 e. The molecule has 1 heterocycles. The highest BCUT2D eigenvalue weighted by Gasteiger charge is 2.12. The molecular weight excluding hydrogens is 306 g/mol. The molecular formula is C15H14BrNO2. The van der Waals surface area contributed by atoms with E-state index in [4.69, 9.17) is 5.11 Å². The van der Waals surface area contributed by atoms with E-state index >= 15 is 0 Å². The summed E-state index contributed by atoms with van der Waals surface area (Å²) in [7, 11) is 0. The topological polar surface area (TPSA) is 50.2 Å². The van der Waals surface area contributed by atoms with Crippen LogP contribution in [0.3, 0.4) is 0 Å². The van der Waals surface area contributed by atoms with Crippen molar-refractivity contribution in [1.82, 2.24) is 4.98 Å². The van der Waals surface area contributed by atoms with Crippen molar-refractivity contribution in [3.8, 4) is 11.3 Å². The number of aromatic carboxylic acids is 1. The van der Waals surface area contributed by atoms with Crippen molar-refractivity contribution >= 4 is 21.9 Å². The Balaban J connectivity index is 2.45. The maximum atomic E-state index is 11.1. The molecule has 0 aliphatic heterocycles. The molecule has 0 spiro atoms. The van der Waals surface area contributed by atoms with Gasteiger partial charge < -0.3 is 5.11 Å². The lowest BCUT2D eigenvalue weighted by atomic mass is 10.1. The number of hydrogen-bond donors (Lipinski definition) is 1. The molecule has 0 aliphatic carbocycles. The van der Waals surface area contributed by atoms with Crippen LogP contribution in [0.2, 0.25) is 0 Å². The van der Waals surface area contributed by atoms with Gasteiger partial charge >= 0.3 is 5.97 Å². The minimum atomic E-state index is -0.918. The highest BCUT2D eigenvalue weighted by atomic mass is 79.9. The van der Waals surface area contributed by atoms with Crippen LogP contribution in [-0.4, -0.2) is 16.1 Å². The number of aromatic nitrogens is 1. The van der Waals surface area contributed by atoms with Crippen LogP contribution in [0.4, 0.5) is 0 Å². The fraction of sp³-hybridized carbons (Fsp3) is 0.200. The summed E-state index contributed by atoms with van der Waals surface area (Å²) in [5.74, 6) is -0.918. The van der Waals surface area contributed by atoms with E-state index in [-0.39, 0.29) is 0 Å². The van der Waals surface area contributed by atoms with E-state index < -0.39 is 5.97 Å². The SMILES string of the molecule is CCCc1nc(-c2ccc(Br)cc2)ccc1C(=O)O. The second-order valence-corrected chi connectivity index (χ2v) is 5.17. The Hall–Kier alpha value is -1.68. The van der Waals surface area contributed by atoms with E-state index in [1.165, 1.54) is 0 Å². The van der Waals surface area contributed by atoms with Gasteiger partial charge in [0.15, 0.2) is 0 Å². The summed E-state index contributed by atoms with van der Waals surface area (Å²) in [5, 5.41) is 9.14. The van der Waals surface area contributed by atoms with Crippen LogP contribution in [0.5, 0.6) is 0 Å². The van der Waals surface area contributed by atoms with Crippen LogP contribution in [0, 0.1) is 0 Å². The number of aryl methyl sites for hydroxylation is 1. The first-order valence-corrected chi connectivity index (χ1v) is 6.90. The van der Waals surface area contributed by atoms with E-state index in [9.17, 15) is 4.79 Å². The molecule has 2 rings (SSSR count). The predicted molar refractivity (Wildman–Crippen MR) is 78.3 cm³/mol. The number of nitrogens with zero attached hydrogens (tertiary/aromatic N) is 1. The monoisotopic (exact) mass is 319 g/mol. The van der Waals surface area contributed by atoms with Gasteiger partial charge in [-0.15, -0.1) is 0 Å². The van der Waals surface area contributed by atoms with Gasteiger partial charge in [0, 0.05) is 10.0 Å². The molecule has 2 aromatic rings. The maximum Gasteiger partial charge on any atom is 0.337 e. The van der Waals surface area contributed by atoms with Gasteiger partial charge in [-0.1, -0.05) is 41.4 Å². The number of hydrogen-bond acceptors (Lipinski definition) is 2. The van der Waals surface area contributed by atoms with E-state index in [0.717, 1.165) is 22.2 Å². The quantitative estimate of drug-likeness (QED) is 0.920. The summed E-state index contributed by atoms with van der Waals surface area (Å²) in [6, 6.07) is 11.2. The van der Waals surface area contributed by atoms with Crippen molar-refractivity contribution < 1.29 is 9.90 Å². The van der Waals surface area contributed by atoms with Crippen molar-refractivity contribution in [2.45, 2.75) is 19.8 Å². The zero-order valence-corrected chi connectivity index (χ0v) is 12.1. The van der Waals surface area contributed by atoms with Crippen LogP contribution in [-0.2, 0) is 6.42 Å². The highest BCUT2D eigenvalue weighted by molar-refractivity contribution is 9.10. The number of carboxylic acid groups (broad SMARTS) is 1. The van der Waals surface area contributed by atoms with Gasteiger partial charge in [-0.25, -0.2) is 4.79 Å². The van der Waals surface area contributed by atoms with Gasteiger partial charge in [-0.3, -0.25) is 4.98 Å². The number of benzene rings is 1. The van der Waals surface area contributed by atoms with E-state index in [1.807, 2.05) is 31.2 Å². The first kappa shape index (κ1) is 13.7. The number of pyridine rings is 1. The van der Waals surface area contributed by atoms with Crippen LogP contribution in [0.15, 0.2) is 40.9 Å². The molecule has 0 amide bonds. The molecule has 3 nitrogen and oxygen atoms in total. The molecule has 0 fully saturated rings. The Bertz CT molecular complexity index is 594. The van der Waals surface area contributed by atoms with Crippen LogP contribution < -0.4 is 0 Å². The molecule has 98 valence electrons. The summed E-state index contributed by atoms with van der Waals surface area (Å²) in [5.41, 5.74) is 2.73. The molecule has 1 aromatic heterocycles. The highest BCUT2D eigenvalue weighted by Crippen LogP contribution is 2.22. The van der Waals surface area contributed by atoms with Crippen molar-refractivity contribution in [3.05, 3.63) is 52.1 Å².